The molecule has 1 heterocycles. The summed E-state index contributed by atoms with van der Waals surface area (Å²) in [6, 6.07) is 2.37. The van der Waals surface area contributed by atoms with Crippen molar-refractivity contribution in [3.05, 3.63) is 34.1 Å². The predicted molar refractivity (Wildman–Crippen MR) is 71.8 cm³/mol. The molecule has 0 radical (unpaired) electrons. The number of benzene rings is 1. The number of hydrogen-bond acceptors (Lipinski definition) is 5. The van der Waals surface area contributed by atoms with Gasteiger partial charge in [-0.3, -0.25) is 10.1 Å². The molecule has 116 valence electrons. The molecule has 9 heteroatoms. The van der Waals surface area contributed by atoms with E-state index < -0.39 is 26.5 Å². The summed E-state index contributed by atoms with van der Waals surface area (Å²) in [4.78, 5) is 9.37. The lowest BCUT2D eigenvalue weighted by Gasteiger charge is -2.30. The fourth-order valence-corrected chi connectivity index (χ4v) is 3.64. The Bertz CT molecular complexity index is 643. The van der Waals surface area contributed by atoms with E-state index in [1.807, 2.05) is 0 Å². The Kier molecular flexibility index (Phi) is 4.55. The van der Waals surface area contributed by atoms with Crippen LogP contribution in [0.2, 0.25) is 0 Å². The van der Waals surface area contributed by atoms with Crippen LogP contribution in [0.3, 0.4) is 0 Å². The fourth-order valence-electron chi connectivity index (χ4n) is 2.21. The molecule has 0 unspecified atom stereocenters. The maximum absolute atomic E-state index is 13.6. The van der Waals surface area contributed by atoms with Crippen molar-refractivity contribution in [3.63, 3.8) is 0 Å². The van der Waals surface area contributed by atoms with Gasteiger partial charge in [-0.15, -0.1) is 0 Å². The molecule has 0 aromatic heterocycles. The maximum Gasteiger partial charge on any atom is 0.304 e. The van der Waals surface area contributed by atoms with Gasteiger partial charge in [-0.25, -0.2) is 8.42 Å². The number of rotatable bonds is 4. The van der Waals surface area contributed by atoms with Crippen LogP contribution in [0.4, 0.5) is 10.1 Å². The van der Waals surface area contributed by atoms with Gasteiger partial charge in [-0.05, 0) is 18.9 Å². The van der Waals surface area contributed by atoms with E-state index in [-0.39, 0.29) is 10.9 Å². The Balaban J connectivity index is 2.30. The van der Waals surface area contributed by atoms with Crippen molar-refractivity contribution in [3.8, 4) is 0 Å². The number of sulfonamides is 1. The molecule has 7 nitrogen and oxygen atoms in total. The van der Waals surface area contributed by atoms with E-state index in [9.17, 15) is 22.9 Å². The van der Waals surface area contributed by atoms with E-state index in [2.05, 4.69) is 0 Å². The smallest absolute Gasteiger partial charge is 0.304 e. The molecule has 0 aliphatic carbocycles. The number of hydrogen-bond donors (Lipinski definition) is 0. The van der Waals surface area contributed by atoms with Crippen molar-refractivity contribution in [1.82, 2.24) is 4.31 Å². The summed E-state index contributed by atoms with van der Waals surface area (Å²) < 4.78 is 44.8. The molecule has 1 aliphatic rings. The van der Waals surface area contributed by atoms with Gasteiger partial charge < -0.3 is 4.74 Å². The van der Waals surface area contributed by atoms with Gasteiger partial charge in [0.25, 0.3) is 0 Å². The van der Waals surface area contributed by atoms with E-state index in [1.165, 1.54) is 11.4 Å². The van der Waals surface area contributed by atoms with Crippen molar-refractivity contribution >= 4 is 15.7 Å². The zero-order valence-electron chi connectivity index (χ0n) is 11.4. The fraction of sp³-hybridized carbons (Fsp3) is 0.500. The first-order chi connectivity index (χ1) is 9.84. The second kappa shape index (κ2) is 6.04. The lowest BCUT2D eigenvalue weighted by atomic mass is 10.1. The third kappa shape index (κ3) is 3.20. The molecule has 1 saturated heterocycles. The van der Waals surface area contributed by atoms with Gasteiger partial charge in [-0.1, -0.05) is 0 Å². The molecular formula is C12H15FN2O5S. The summed E-state index contributed by atoms with van der Waals surface area (Å²) in [5.41, 5.74) is -0.748. The van der Waals surface area contributed by atoms with Gasteiger partial charge in [0.2, 0.25) is 15.8 Å². The van der Waals surface area contributed by atoms with E-state index in [1.54, 1.807) is 0 Å². The van der Waals surface area contributed by atoms with E-state index in [0.29, 0.717) is 32.1 Å². The van der Waals surface area contributed by atoms with Crippen LogP contribution in [0.1, 0.15) is 12.8 Å². The third-order valence-electron chi connectivity index (χ3n) is 3.50. The van der Waals surface area contributed by atoms with Crippen molar-refractivity contribution in [2.45, 2.75) is 23.8 Å². The van der Waals surface area contributed by atoms with Gasteiger partial charge >= 0.3 is 5.69 Å². The first kappa shape index (κ1) is 15.8. The Hall–Kier alpha value is -1.58. The summed E-state index contributed by atoms with van der Waals surface area (Å²) in [6.45, 7) is 0.943. The summed E-state index contributed by atoms with van der Waals surface area (Å²) in [7, 11) is -2.47. The minimum Gasteiger partial charge on any atom is -0.381 e. The van der Waals surface area contributed by atoms with Crippen LogP contribution in [-0.2, 0) is 14.8 Å². The highest BCUT2D eigenvalue weighted by Crippen LogP contribution is 2.25. The van der Waals surface area contributed by atoms with Crippen LogP contribution < -0.4 is 0 Å². The molecular weight excluding hydrogens is 303 g/mol. The highest BCUT2D eigenvalue weighted by Gasteiger charge is 2.30. The molecule has 0 spiro atoms. The zero-order valence-corrected chi connectivity index (χ0v) is 12.2. The Labute approximate surface area is 121 Å². The molecule has 0 atom stereocenters. The van der Waals surface area contributed by atoms with E-state index in [0.717, 1.165) is 12.1 Å². The number of ether oxygens (including phenoxy) is 1. The van der Waals surface area contributed by atoms with Crippen LogP contribution in [0.25, 0.3) is 0 Å². The highest BCUT2D eigenvalue weighted by atomic mass is 32.2. The Morgan fingerprint density at radius 3 is 2.52 bits per heavy atom. The van der Waals surface area contributed by atoms with Gasteiger partial charge in [0.1, 0.15) is 0 Å². The van der Waals surface area contributed by atoms with Gasteiger partial charge in [0.15, 0.2) is 0 Å². The molecule has 1 aromatic carbocycles. The van der Waals surface area contributed by atoms with Crippen molar-refractivity contribution in [2.75, 3.05) is 20.3 Å². The second-order valence-electron chi connectivity index (χ2n) is 4.74. The van der Waals surface area contributed by atoms with Crippen LogP contribution in [0.5, 0.6) is 0 Å². The van der Waals surface area contributed by atoms with Crippen molar-refractivity contribution < 1.29 is 22.5 Å². The summed E-state index contributed by atoms with van der Waals surface area (Å²) in [5, 5.41) is 10.6. The molecule has 0 amide bonds. The number of nitro benzene ring substituents is 1. The second-order valence-corrected chi connectivity index (χ2v) is 6.73. The van der Waals surface area contributed by atoms with Crippen LogP contribution >= 0.6 is 0 Å². The maximum atomic E-state index is 13.6. The average Bonchev–Trinajstić information content (AvgIpc) is 2.46. The quantitative estimate of drug-likeness (QED) is 0.620. The van der Waals surface area contributed by atoms with Gasteiger partial charge in [0, 0.05) is 38.4 Å². The minimum absolute atomic E-state index is 0.220. The highest BCUT2D eigenvalue weighted by molar-refractivity contribution is 7.89. The molecule has 1 aromatic rings. The lowest BCUT2D eigenvalue weighted by molar-refractivity contribution is -0.387. The summed E-state index contributed by atoms with van der Waals surface area (Å²) in [5.74, 6) is -1.17. The Morgan fingerprint density at radius 2 is 2.00 bits per heavy atom. The van der Waals surface area contributed by atoms with Crippen LogP contribution in [0.15, 0.2) is 23.1 Å². The van der Waals surface area contributed by atoms with E-state index in [4.69, 9.17) is 4.74 Å². The van der Waals surface area contributed by atoms with Gasteiger partial charge in [-0.2, -0.15) is 8.70 Å². The summed E-state index contributed by atoms with van der Waals surface area (Å²) >= 11 is 0. The number of halogens is 1. The van der Waals surface area contributed by atoms with Crippen LogP contribution in [0, 0.1) is 15.9 Å². The average molecular weight is 318 g/mol. The molecule has 1 aliphatic heterocycles. The minimum atomic E-state index is -3.89. The predicted octanol–water partition coefficient (Wildman–Crippen LogP) is 1.53. The monoisotopic (exact) mass is 318 g/mol. The third-order valence-corrected chi connectivity index (χ3v) is 5.40. The normalized spacial score (nSPS) is 17.1. The molecule has 1 fully saturated rings. The van der Waals surface area contributed by atoms with E-state index >= 15 is 0 Å². The molecule has 21 heavy (non-hydrogen) atoms. The molecule has 0 bridgehead atoms. The number of nitro groups is 1. The Morgan fingerprint density at radius 1 is 1.38 bits per heavy atom. The first-order valence-electron chi connectivity index (χ1n) is 6.34. The number of nitrogens with zero attached hydrogens (tertiary/aromatic N) is 2. The first-order valence-corrected chi connectivity index (χ1v) is 7.78. The molecule has 0 N–H and O–H groups in total. The standard InChI is InChI=1S/C12H15FN2O5S/c1-14(9-4-6-20-7-5-9)21(18,19)10-2-3-12(15(16)17)11(13)8-10/h2-3,8-9H,4-7H2,1H3. The topological polar surface area (TPSA) is 89.8 Å². The summed E-state index contributed by atoms with van der Waals surface area (Å²) in [6.07, 6.45) is 1.12. The zero-order chi connectivity index (χ0) is 15.6. The SMILES string of the molecule is CN(C1CCOCC1)S(=O)(=O)c1ccc([N+](=O)[O-])c(F)c1. The van der Waals surface area contributed by atoms with Crippen molar-refractivity contribution in [2.24, 2.45) is 0 Å². The molecule has 2 rings (SSSR count). The van der Waals surface area contributed by atoms with Crippen LogP contribution in [-0.4, -0.2) is 43.9 Å². The lowest BCUT2D eigenvalue weighted by Crippen LogP contribution is -2.40. The van der Waals surface area contributed by atoms with Crippen molar-refractivity contribution in [1.29, 1.82) is 0 Å². The largest absolute Gasteiger partial charge is 0.381 e. The van der Waals surface area contributed by atoms with Gasteiger partial charge in [0.05, 0.1) is 9.82 Å². The molecule has 0 saturated carbocycles.